The van der Waals surface area contributed by atoms with Gasteiger partial charge in [-0.3, -0.25) is 77.6 Å². The van der Waals surface area contributed by atoms with E-state index in [1.54, 1.807) is 12.1 Å². The number of amides is 16. The molecule has 2 aromatic heterocycles. The number of barbiturate groups is 4. The van der Waals surface area contributed by atoms with Gasteiger partial charge in [0.25, 0.3) is 47.3 Å². The van der Waals surface area contributed by atoms with Gasteiger partial charge in [0.15, 0.2) is 0 Å². The van der Waals surface area contributed by atoms with Crippen LogP contribution in [0.5, 0.6) is 0 Å². The lowest BCUT2D eigenvalue weighted by Crippen LogP contribution is -2.58. The summed E-state index contributed by atoms with van der Waals surface area (Å²) in [6.07, 6.45) is 79.2. The normalized spacial score (nSPS) is 14.9. The number of aromatic nitrogens is 2. The van der Waals surface area contributed by atoms with Gasteiger partial charge in [-0.1, -0.05) is 518 Å². The number of nitrogens with zero attached hydrogens (tertiary/aromatic N) is 8. The highest BCUT2D eigenvalue weighted by molar-refractivity contribution is 6.50. The molecule has 2 N–H and O–H groups in total. The third-order valence-electron chi connectivity index (χ3n) is 31.1. The summed E-state index contributed by atoms with van der Waals surface area (Å²) in [5, 5.41) is -0.515. The number of carbonyl (C=O) groups is 12. The number of imide groups is 8. The first-order chi connectivity index (χ1) is 70.5. The van der Waals surface area contributed by atoms with Gasteiger partial charge in [-0.15, -0.1) is 0 Å². The van der Waals surface area contributed by atoms with Crippen LogP contribution in [0.15, 0.2) is 12.1 Å². The molecule has 6 heterocycles. The Balaban J connectivity index is 1.61. The van der Waals surface area contributed by atoms with Gasteiger partial charge in [-0.2, -0.15) is 0 Å². The quantitative estimate of drug-likeness (QED) is 0.0500. The predicted octanol–water partition coefficient (Wildman–Crippen LogP) is 29.8. The Labute approximate surface area is 871 Å². The van der Waals surface area contributed by atoms with E-state index in [1.165, 1.54) is 154 Å². The maximum Gasteiger partial charge on any atom is 0.333 e. The number of urea groups is 4. The van der Waals surface area contributed by atoms with Gasteiger partial charge in [0.1, 0.15) is 22.3 Å². The number of carbonyl (C=O) groups excluding carboxylic acids is 12. The van der Waals surface area contributed by atoms with Crippen molar-refractivity contribution < 1.29 is 57.5 Å². The first-order valence-electron chi connectivity index (χ1n) is 60.9. The second-order valence-corrected chi connectivity index (χ2v) is 43.4. The Morgan fingerprint density at radius 1 is 0.139 bits per heavy atom. The second kappa shape index (κ2) is 75.0. The summed E-state index contributed by atoms with van der Waals surface area (Å²) in [5.74, 6) is -7.25. The van der Waals surface area contributed by atoms with Gasteiger partial charge in [-0.25, -0.2) is 19.2 Å². The van der Waals surface area contributed by atoms with Crippen molar-refractivity contribution in [3.05, 3.63) is 33.5 Å². The number of fused-ring (bicyclic) bond motifs is 2. The third-order valence-corrected chi connectivity index (χ3v) is 31.1. The summed E-state index contributed by atoms with van der Waals surface area (Å²) in [6.45, 7) is 17.5. The molecule has 0 spiro atoms. The summed E-state index contributed by atoms with van der Waals surface area (Å²) >= 11 is 0. The molecule has 0 aliphatic carbocycles. The molecule has 144 heavy (non-hydrogen) atoms. The number of hydrogen-bond acceptors (Lipinski definition) is 12. The Hall–Kier alpha value is -7.78. The predicted molar refractivity (Wildman–Crippen MR) is 592 cm³/mol. The Morgan fingerprint density at radius 3 is 0.326 bits per heavy atom. The van der Waals surface area contributed by atoms with Crippen LogP contribution in [0, 0.1) is 0 Å². The molecule has 16 amide bonds. The fourth-order valence-electron chi connectivity index (χ4n) is 22.0. The maximum atomic E-state index is 16.4. The zero-order valence-electron chi connectivity index (χ0n) is 92.9. The third kappa shape index (κ3) is 41.3. The molecule has 0 radical (unpaired) electrons. The summed E-state index contributed by atoms with van der Waals surface area (Å²) in [6, 6.07) is 0.165. The van der Waals surface area contributed by atoms with Crippen LogP contribution in [0.4, 0.5) is 19.2 Å². The first kappa shape index (κ1) is 123. The molecule has 0 unspecified atom stereocenters. The molecule has 4 aliphatic rings. The van der Waals surface area contributed by atoms with Gasteiger partial charge >= 0.3 is 24.1 Å². The zero-order valence-corrected chi connectivity index (χ0v) is 92.9. The first-order valence-corrected chi connectivity index (χ1v) is 60.9. The standard InChI is InChI=1S/C122H204N10O12/c1-9-17-25-33-41-49-57-65-73-81-89-125-111(133)103(112(134)126(119(125)141)90-82-74-66-58-50-42-34-26-18-10-2)107-99-97-101-102(98-100(99)108(123-107)104-113(135)127(91-83-75-67-59-51-43-35-27-19-11-3)120(142)128(114(104)136)92-84-76-68-60-52-44-36-28-20-12-4)110(106-117(139)131(95-87-79-71-63-55-47-39-31-23-15-7)122(144)132(118(106)140)96-88-80-72-64-56-48-40-32-24-16-8)124-109(101)105-115(137)129(93-85-77-69-61-53-45-37-29-21-13-5)121(143)130(116(105)138)94-86-78-70-62-54-46-38-30-22-14-6/h97-98,123-124H,9-96H2,1-8H3. The lowest BCUT2D eigenvalue weighted by atomic mass is 10.00. The van der Waals surface area contributed by atoms with Crippen molar-refractivity contribution in [2.24, 2.45) is 0 Å². The van der Waals surface area contributed by atoms with E-state index < -0.39 is 93.7 Å². The van der Waals surface area contributed by atoms with Gasteiger partial charge < -0.3 is 9.97 Å². The minimum atomic E-state index is -0.906. The van der Waals surface area contributed by atoms with Crippen molar-refractivity contribution in [2.75, 3.05) is 52.4 Å². The molecule has 0 saturated carbocycles. The van der Waals surface area contributed by atoms with E-state index in [9.17, 15) is 0 Å². The number of unbranched alkanes of at least 4 members (excludes halogenated alkanes) is 72. The summed E-state index contributed by atoms with van der Waals surface area (Å²) in [5.41, 5.74) is -1.82. The fraction of sp³-hybridized carbons (Fsp3) is 0.787. The van der Waals surface area contributed by atoms with E-state index in [0.29, 0.717) is 103 Å². The van der Waals surface area contributed by atoms with E-state index in [1.807, 2.05) is 0 Å². The number of benzene rings is 1. The average molecular weight is 2000 g/mol. The molecule has 1 aromatic carbocycles. The number of hydrogen-bond donors (Lipinski definition) is 2. The highest BCUT2D eigenvalue weighted by atomic mass is 16.2. The van der Waals surface area contributed by atoms with Crippen molar-refractivity contribution in [1.82, 2.24) is 49.2 Å². The van der Waals surface area contributed by atoms with Crippen molar-refractivity contribution in [3.63, 3.8) is 0 Å². The molecule has 0 bridgehead atoms. The van der Waals surface area contributed by atoms with Gasteiger partial charge in [0, 0.05) is 73.9 Å². The number of H-pyrrole nitrogens is 2. The van der Waals surface area contributed by atoms with Crippen molar-refractivity contribution in [1.29, 1.82) is 0 Å². The topological polar surface area (TPSA) is 262 Å². The van der Waals surface area contributed by atoms with Gasteiger partial charge in [0.2, 0.25) is 0 Å². The Bertz CT molecular complexity index is 3810. The monoisotopic (exact) mass is 2000 g/mol. The summed E-state index contributed by atoms with van der Waals surface area (Å²) in [4.78, 5) is 210. The Morgan fingerprint density at radius 2 is 0.229 bits per heavy atom. The fourth-order valence-corrected chi connectivity index (χ4v) is 22.0. The highest BCUT2D eigenvalue weighted by Crippen LogP contribution is 2.32. The molecule has 22 nitrogen and oxygen atoms in total. The van der Waals surface area contributed by atoms with Crippen LogP contribution in [-0.2, 0) is 38.4 Å². The lowest BCUT2D eigenvalue weighted by molar-refractivity contribution is -0.134. The molecule has 0 atom stereocenters. The van der Waals surface area contributed by atoms with E-state index >= 15 is 57.5 Å². The number of rotatable bonds is 88. The smallest absolute Gasteiger partial charge is 0.333 e. The average Bonchev–Trinajstić information content (AvgIpc) is 1.54. The minimum absolute atomic E-state index is 0.0268. The van der Waals surface area contributed by atoms with E-state index in [-0.39, 0.29) is 95.3 Å². The molecular formula is C122H204N10O12. The van der Waals surface area contributed by atoms with E-state index in [2.05, 4.69) is 65.4 Å². The van der Waals surface area contributed by atoms with Gasteiger partial charge in [-0.05, 0) is 63.5 Å². The second-order valence-electron chi connectivity index (χ2n) is 43.4. The Kier molecular flexibility index (Phi) is 64.1. The molecule has 3 aromatic rings. The van der Waals surface area contributed by atoms with Crippen LogP contribution in [-0.4, -0.2) is 173 Å². The minimum Gasteiger partial charge on any atom is -0.353 e. The maximum absolute atomic E-state index is 16.4. The van der Waals surface area contributed by atoms with Crippen molar-refractivity contribution >= 4 is 115 Å². The van der Waals surface area contributed by atoms with Gasteiger partial charge in [0.05, 0.1) is 21.4 Å². The van der Waals surface area contributed by atoms with Crippen molar-refractivity contribution in [2.45, 2.75) is 569 Å². The number of nitrogens with one attached hydrogen (secondary N) is 2. The van der Waals surface area contributed by atoms with Crippen LogP contribution < -0.4 is 21.4 Å². The summed E-state index contributed by atoms with van der Waals surface area (Å²) < 4.78 is 0. The van der Waals surface area contributed by atoms with Crippen LogP contribution in [0.2, 0.25) is 0 Å². The molecule has 4 aliphatic heterocycles. The molecule has 4 saturated heterocycles. The molecule has 7 rings (SSSR count). The zero-order chi connectivity index (χ0) is 104. The van der Waals surface area contributed by atoms with Crippen LogP contribution in [0.25, 0.3) is 43.8 Å². The molecule has 4 fully saturated rings. The van der Waals surface area contributed by atoms with Crippen LogP contribution >= 0.6 is 0 Å². The van der Waals surface area contributed by atoms with Crippen LogP contribution in [0.1, 0.15) is 569 Å². The van der Waals surface area contributed by atoms with Crippen molar-refractivity contribution in [3.8, 4) is 0 Å². The van der Waals surface area contributed by atoms with E-state index in [0.717, 1.165) is 296 Å². The lowest BCUT2D eigenvalue weighted by Gasteiger charge is -2.34. The number of aromatic amines is 2. The molecule has 814 valence electrons. The largest absolute Gasteiger partial charge is 0.353 e. The summed E-state index contributed by atoms with van der Waals surface area (Å²) in [7, 11) is 0. The molecule has 22 heteroatoms. The highest BCUT2D eigenvalue weighted by Gasteiger charge is 2.48. The van der Waals surface area contributed by atoms with E-state index in [4.69, 9.17) is 0 Å². The van der Waals surface area contributed by atoms with Crippen LogP contribution in [0.3, 0.4) is 0 Å². The molecular weight excluding hydrogens is 1800 g/mol. The SMILES string of the molecule is CCCCCCCCCCCCN1C(=O)C(=c2[nH]c(=C3C(=O)N(CCCCCCCCCCCC)C(=O)N(CCCCCCCCCCCC)C3=O)c3cc4c(=C5C(=O)N(CCCCCCCCCCCC)C(=O)N(CCCCCCCCCCCC)C5=O)[nH]c(=C5C(=O)N(CCCCCCCCCCCC)C(=O)N(CCCCCCCCCCCC)C5=O)c4cc23)C(=O)N(CCCCCCCCCCCC)C1=O.